The van der Waals surface area contributed by atoms with Crippen molar-refractivity contribution in [3.63, 3.8) is 0 Å². The van der Waals surface area contributed by atoms with Gasteiger partial charge in [0.15, 0.2) is 5.78 Å². The lowest BCUT2D eigenvalue weighted by Crippen LogP contribution is -2.02. The van der Waals surface area contributed by atoms with E-state index < -0.39 is 6.10 Å². The highest BCUT2D eigenvalue weighted by Crippen LogP contribution is 2.28. The molecule has 0 amide bonds. The van der Waals surface area contributed by atoms with Gasteiger partial charge in [-0.1, -0.05) is 38.3 Å². The van der Waals surface area contributed by atoms with E-state index in [0.717, 1.165) is 56.1 Å². The minimum Gasteiger partial charge on any atom is -0.469 e. The number of esters is 1. The summed E-state index contributed by atoms with van der Waals surface area (Å²) >= 11 is 0. The molecule has 0 aromatic carbocycles. The number of aliphatic hydroxyl groups is 1. The third kappa shape index (κ3) is 7.60. The van der Waals surface area contributed by atoms with E-state index in [-0.39, 0.29) is 11.8 Å². The topological polar surface area (TPSA) is 63.6 Å². The second-order valence-electron chi connectivity index (χ2n) is 6.13. The molecule has 0 fully saturated rings. The normalized spacial score (nSPS) is 16.4. The van der Waals surface area contributed by atoms with Gasteiger partial charge in [-0.25, -0.2) is 0 Å². The van der Waals surface area contributed by atoms with Crippen LogP contribution in [0.25, 0.3) is 0 Å². The van der Waals surface area contributed by atoms with Gasteiger partial charge < -0.3 is 9.84 Å². The maximum Gasteiger partial charge on any atom is 0.305 e. The molecule has 1 atom stereocenters. The van der Waals surface area contributed by atoms with Gasteiger partial charge in [0.1, 0.15) is 0 Å². The molecule has 0 aromatic rings. The zero-order valence-electron chi connectivity index (χ0n) is 14.5. The maximum atomic E-state index is 12.0. The minimum absolute atomic E-state index is 0.202. The minimum atomic E-state index is -0.426. The van der Waals surface area contributed by atoms with Crippen molar-refractivity contribution in [2.45, 2.75) is 77.2 Å². The smallest absolute Gasteiger partial charge is 0.305 e. The molecule has 1 aliphatic rings. The lowest BCUT2D eigenvalue weighted by molar-refractivity contribution is -0.140. The predicted molar refractivity (Wildman–Crippen MR) is 91.0 cm³/mol. The number of carbonyl (C=O) groups is 2. The highest BCUT2D eigenvalue weighted by molar-refractivity contribution is 5.99. The molecular weight excluding hydrogens is 292 g/mol. The van der Waals surface area contributed by atoms with Crippen molar-refractivity contribution in [3.8, 4) is 0 Å². The summed E-state index contributed by atoms with van der Waals surface area (Å²) in [5, 5.41) is 9.94. The van der Waals surface area contributed by atoms with Gasteiger partial charge in [0.25, 0.3) is 0 Å². The highest BCUT2D eigenvalue weighted by atomic mass is 16.5. The fraction of sp³-hybridized carbons (Fsp3) is 0.684. The predicted octanol–water partition coefficient (Wildman–Crippen LogP) is 3.88. The van der Waals surface area contributed by atoms with Crippen LogP contribution in [0.2, 0.25) is 0 Å². The molecule has 0 radical (unpaired) electrons. The number of hydrogen-bond acceptors (Lipinski definition) is 4. The number of carbonyl (C=O) groups excluding carboxylic acids is 2. The van der Waals surface area contributed by atoms with E-state index >= 15 is 0 Å². The molecule has 0 aliphatic heterocycles. The van der Waals surface area contributed by atoms with Gasteiger partial charge in [-0.2, -0.15) is 0 Å². The van der Waals surface area contributed by atoms with E-state index in [0.29, 0.717) is 19.3 Å². The summed E-state index contributed by atoms with van der Waals surface area (Å²) in [7, 11) is 1.39. The third-order valence-electron chi connectivity index (χ3n) is 4.25. The zero-order chi connectivity index (χ0) is 17.1. The molecule has 1 N–H and O–H groups in total. The highest BCUT2D eigenvalue weighted by Gasteiger charge is 2.20. The number of methoxy groups -OCH3 is 1. The van der Waals surface area contributed by atoms with Crippen molar-refractivity contribution < 1.29 is 19.4 Å². The Hall–Kier alpha value is -1.42. The number of hydrogen-bond donors (Lipinski definition) is 1. The van der Waals surface area contributed by atoms with Crippen molar-refractivity contribution in [1.29, 1.82) is 0 Å². The number of ketones is 1. The molecule has 1 aliphatic carbocycles. The van der Waals surface area contributed by atoms with E-state index in [1.54, 1.807) is 0 Å². The molecule has 4 nitrogen and oxygen atoms in total. The zero-order valence-corrected chi connectivity index (χ0v) is 14.5. The van der Waals surface area contributed by atoms with Gasteiger partial charge in [-0.05, 0) is 43.3 Å². The summed E-state index contributed by atoms with van der Waals surface area (Å²) < 4.78 is 4.61. The van der Waals surface area contributed by atoms with Crippen LogP contribution >= 0.6 is 0 Å². The van der Waals surface area contributed by atoms with Gasteiger partial charge in [-0.15, -0.1) is 0 Å². The second kappa shape index (κ2) is 11.2. The number of rotatable bonds is 11. The van der Waals surface area contributed by atoms with Gasteiger partial charge in [0.05, 0.1) is 13.2 Å². The van der Waals surface area contributed by atoms with Crippen LogP contribution in [0, 0.1) is 0 Å². The first-order valence-electron chi connectivity index (χ1n) is 8.76. The quantitative estimate of drug-likeness (QED) is 0.463. The fourth-order valence-corrected chi connectivity index (χ4v) is 2.81. The molecule has 0 bridgehead atoms. The first-order chi connectivity index (χ1) is 11.1. The molecule has 0 heterocycles. The number of allylic oxidation sites excluding steroid dienone is 3. The molecule has 0 saturated carbocycles. The van der Waals surface area contributed by atoms with Crippen LogP contribution in [-0.4, -0.2) is 30.1 Å². The summed E-state index contributed by atoms with van der Waals surface area (Å²) in [4.78, 5) is 23.1. The lowest BCUT2D eigenvalue weighted by Gasteiger charge is -2.06. The monoisotopic (exact) mass is 322 g/mol. The Morgan fingerprint density at radius 2 is 2.04 bits per heavy atom. The SMILES string of the molecule is CCCCC[C@@H](O)/C=C/C1=C(CCCCC(=O)OC)C(=O)CC1. The average molecular weight is 322 g/mol. The van der Waals surface area contributed by atoms with Gasteiger partial charge in [0.2, 0.25) is 0 Å². The average Bonchev–Trinajstić information content (AvgIpc) is 2.89. The molecule has 0 unspecified atom stereocenters. The second-order valence-corrected chi connectivity index (χ2v) is 6.13. The van der Waals surface area contributed by atoms with Crippen LogP contribution in [0.5, 0.6) is 0 Å². The van der Waals surface area contributed by atoms with Gasteiger partial charge in [0, 0.05) is 12.8 Å². The summed E-state index contributed by atoms with van der Waals surface area (Å²) in [6.45, 7) is 2.14. The van der Waals surface area contributed by atoms with Crippen molar-refractivity contribution in [2.75, 3.05) is 7.11 Å². The molecular formula is C19H30O4. The fourth-order valence-electron chi connectivity index (χ4n) is 2.81. The summed E-state index contributed by atoms with van der Waals surface area (Å²) in [6.07, 6.45) is 11.4. The summed E-state index contributed by atoms with van der Waals surface area (Å²) in [5.74, 6) is 0.00948. The van der Waals surface area contributed by atoms with E-state index in [2.05, 4.69) is 11.7 Å². The van der Waals surface area contributed by atoms with E-state index in [1.807, 2.05) is 12.2 Å². The number of Topliss-reactive ketones (excluding diaryl/α,β-unsaturated/α-hetero) is 1. The Labute approximate surface area is 139 Å². The standard InChI is InChI=1S/C19H30O4/c1-3-4-5-8-16(20)13-11-15-12-14-18(21)17(15)9-6-7-10-19(22)23-2/h11,13,16,20H,3-10,12,14H2,1-2H3/b13-11+/t16-/m1/s1. The van der Waals surface area contributed by atoms with Crippen LogP contribution in [0.15, 0.2) is 23.3 Å². The van der Waals surface area contributed by atoms with E-state index in [4.69, 9.17) is 0 Å². The molecule has 0 saturated heterocycles. The Balaban J connectivity index is 2.47. The summed E-state index contributed by atoms with van der Waals surface area (Å²) in [6, 6.07) is 0. The lowest BCUT2D eigenvalue weighted by atomic mass is 10.0. The Morgan fingerprint density at radius 1 is 1.26 bits per heavy atom. The van der Waals surface area contributed by atoms with E-state index in [9.17, 15) is 14.7 Å². The van der Waals surface area contributed by atoms with Crippen molar-refractivity contribution >= 4 is 11.8 Å². The first-order valence-corrected chi connectivity index (χ1v) is 8.76. The Bertz CT molecular complexity index is 448. The van der Waals surface area contributed by atoms with Crippen LogP contribution in [0.1, 0.15) is 71.1 Å². The summed E-state index contributed by atoms with van der Waals surface area (Å²) in [5.41, 5.74) is 1.94. The molecule has 4 heteroatoms. The van der Waals surface area contributed by atoms with Gasteiger partial charge in [-0.3, -0.25) is 9.59 Å². The van der Waals surface area contributed by atoms with Crippen molar-refractivity contribution in [1.82, 2.24) is 0 Å². The number of aliphatic hydroxyl groups excluding tert-OH is 1. The maximum absolute atomic E-state index is 12.0. The van der Waals surface area contributed by atoms with Crippen LogP contribution in [0.3, 0.4) is 0 Å². The van der Waals surface area contributed by atoms with E-state index in [1.165, 1.54) is 7.11 Å². The molecule has 0 spiro atoms. The van der Waals surface area contributed by atoms with Crippen LogP contribution < -0.4 is 0 Å². The number of ether oxygens (including phenoxy) is 1. The molecule has 130 valence electrons. The Morgan fingerprint density at radius 3 is 2.74 bits per heavy atom. The van der Waals surface area contributed by atoms with Gasteiger partial charge >= 0.3 is 5.97 Å². The first kappa shape index (κ1) is 19.6. The molecule has 1 rings (SSSR count). The van der Waals surface area contributed by atoms with Crippen molar-refractivity contribution in [2.24, 2.45) is 0 Å². The van der Waals surface area contributed by atoms with Crippen LogP contribution in [-0.2, 0) is 14.3 Å². The molecule has 0 aromatic heterocycles. The third-order valence-corrected chi connectivity index (χ3v) is 4.25. The Kier molecular flexibility index (Phi) is 9.53. The van der Waals surface area contributed by atoms with Crippen LogP contribution in [0.4, 0.5) is 0 Å². The van der Waals surface area contributed by atoms with Crippen molar-refractivity contribution in [3.05, 3.63) is 23.3 Å². The largest absolute Gasteiger partial charge is 0.469 e. The molecule has 23 heavy (non-hydrogen) atoms. The number of unbranched alkanes of at least 4 members (excludes halogenated alkanes) is 3.